The van der Waals surface area contributed by atoms with Gasteiger partial charge in [-0.1, -0.05) is 33.5 Å². The van der Waals surface area contributed by atoms with Crippen LogP contribution in [0.25, 0.3) is 0 Å². The zero-order valence-corrected chi connectivity index (χ0v) is 7.85. The molecular weight excluding hydrogens is 227 g/mol. The molecule has 0 aliphatic rings. The second-order valence-corrected chi connectivity index (χ2v) is 2.62. The lowest BCUT2D eigenvalue weighted by atomic mass is 10.4. The molecule has 0 aliphatic carbocycles. The van der Waals surface area contributed by atoms with Crippen molar-refractivity contribution in [2.75, 3.05) is 5.33 Å². The fraction of sp³-hybridized carbons (Fsp3) is 0.143. The van der Waals surface area contributed by atoms with Crippen molar-refractivity contribution in [2.45, 2.75) is 0 Å². The number of alkyl halides is 1. The molecule has 1 aromatic heterocycles. The predicted molar refractivity (Wildman–Crippen MR) is 47.7 cm³/mol. The van der Waals surface area contributed by atoms with Crippen molar-refractivity contribution >= 4 is 27.5 Å². The number of rotatable bonds is 0. The molecule has 0 N–H and O–H groups in total. The van der Waals surface area contributed by atoms with Crippen LogP contribution in [0.5, 0.6) is 0 Å². The quantitative estimate of drug-likeness (QED) is 0.503. The highest BCUT2D eigenvalue weighted by Gasteiger charge is 1.88. The van der Waals surface area contributed by atoms with Crippen LogP contribution in [-0.4, -0.2) is 15.5 Å². The molecule has 1 aromatic rings. The van der Waals surface area contributed by atoms with E-state index in [1.165, 1.54) is 0 Å². The molecule has 0 unspecified atom stereocenters. The van der Waals surface area contributed by atoms with Gasteiger partial charge in [0.05, 0.1) is 5.33 Å². The van der Waals surface area contributed by atoms with E-state index < -0.39 is 0 Å². The lowest BCUT2D eigenvalue weighted by Crippen LogP contribution is -1.85. The molecule has 1 rings (SSSR count). The van der Waals surface area contributed by atoms with Crippen molar-refractivity contribution in [3.05, 3.63) is 23.0 Å². The van der Waals surface area contributed by atoms with Crippen LogP contribution in [0.1, 0.15) is 5.69 Å². The molecule has 0 bridgehead atoms. The molecule has 0 aliphatic heterocycles. The van der Waals surface area contributed by atoms with E-state index >= 15 is 0 Å². The molecule has 4 heteroatoms. The first kappa shape index (κ1) is 8.51. The van der Waals surface area contributed by atoms with E-state index in [0.29, 0.717) is 16.2 Å². The number of nitrogens with zero attached hydrogens (tertiary/aromatic N) is 2. The van der Waals surface area contributed by atoms with E-state index in [0.717, 1.165) is 0 Å². The Bertz CT molecular complexity index is 286. The third kappa shape index (κ3) is 2.87. The van der Waals surface area contributed by atoms with Crippen molar-refractivity contribution < 1.29 is 0 Å². The van der Waals surface area contributed by atoms with Crippen LogP contribution >= 0.6 is 27.5 Å². The van der Waals surface area contributed by atoms with Gasteiger partial charge in [-0.25, -0.2) is 0 Å². The van der Waals surface area contributed by atoms with Crippen molar-refractivity contribution in [2.24, 2.45) is 0 Å². The van der Waals surface area contributed by atoms with Crippen molar-refractivity contribution in [1.29, 1.82) is 0 Å². The van der Waals surface area contributed by atoms with Gasteiger partial charge in [0.15, 0.2) is 5.15 Å². The fourth-order valence-electron chi connectivity index (χ4n) is 0.507. The van der Waals surface area contributed by atoms with E-state index in [1.807, 2.05) is 0 Å². The minimum Gasteiger partial charge on any atom is -0.140 e. The SMILES string of the molecule is Clc1ccc(C#CCBr)nn1. The highest BCUT2D eigenvalue weighted by molar-refractivity contribution is 9.09. The summed E-state index contributed by atoms with van der Waals surface area (Å²) in [6.07, 6.45) is 0. The number of halogens is 2. The van der Waals surface area contributed by atoms with Crippen molar-refractivity contribution in [3.63, 3.8) is 0 Å². The summed E-state index contributed by atoms with van der Waals surface area (Å²) >= 11 is 8.69. The van der Waals surface area contributed by atoms with Crippen LogP contribution in [0.4, 0.5) is 0 Å². The molecule has 0 atom stereocenters. The van der Waals surface area contributed by atoms with Gasteiger partial charge >= 0.3 is 0 Å². The van der Waals surface area contributed by atoms with Crippen LogP contribution in [0.3, 0.4) is 0 Å². The number of hydrogen-bond acceptors (Lipinski definition) is 2. The molecule has 0 saturated carbocycles. The van der Waals surface area contributed by atoms with Gasteiger partial charge in [-0.2, -0.15) is 0 Å². The summed E-state index contributed by atoms with van der Waals surface area (Å²) in [5.41, 5.74) is 0.633. The van der Waals surface area contributed by atoms with Crippen LogP contribution in [-0.2, 0) is 0 Å². The zero-order valence-electron chi connectivity index (χ0n) is 5.51. The Morgan fingerprint density at radius 2 is 2.27 bits per heavy atom. The smallest absolute Gasteiger partial charge is 0.140 e. The van der Waals surface area contributed by atoms with Crippen LogP contribution < -0.4 is 0 Å². The van der Waals surface area contributed by atoms with E-state index in [2.05, 4.69) is 38.0 Å². The minimum absolute atomic E-state index is 0.384. The summed E-state index contributed by atoms with van der Waals surface area (Å²) in [6.45, 7) is 0. The zero-order chi connectivity index (χ0) is 8.10. The summed E-state index contributed by atoms with van der Waals surface area (Å²) in [4.78, 5) is 0. The monoisotopic (exact) mass is 230 g/mol. The van der Waals surface area contributed by atoms with Gasteiger partial charge in [0, 0.05) is 0 Å². The lowest BCUT2D eigenvalue weighted by molar-refractivity contribution is 1.01. The topological polar surface area (TPSA) is 25.8 Å². The first-order valence-electron chi connectivity index (χ1n) is 2.87. The molecular formula is C7H4BrClN2. The van der Waals surface area contributed by atoms with E-state index in [4.69, 9.17) is 11.6 Å². The molecule has 11 heavy (non-hydrogen) atoms. The highest BCUT2D eigenvalue weighted by Crippen LogP contribution is 2.00. The maximum absolute atomic E-state index is 5.51. The number of hydrogen-bond donors (Lipinski definition) is 0. The third-order valence-corrected chi connectivity index (χ3v) is 1.40. The fourth-order valence-corrected chi connectivity index (χ4v) is 0.748. The first-order chi connectivity index (χ1) is 5.33. The molecule has 0 radical (unpaired) electrons. The first-order valence-corrected chi connectivity index (χ1v) is 4.37. The molecule has 2 nitrogen and oxygen atoms in total. The Morgan fingerprint density at radius 3 is 2.82 bits per heavy atom. The van der Waals surface area contributed by atoms with E-state index in [-0.39, 0.29) is 0 Å². The molecule has 1 heterocycles. The van der Waals surface area contributed by atoms with Crippen LogP contribution in [0.15, 0.2) is 12.1 Å². The van der Waals surface area contributed by atoms with Gasteiger partial charge in [-0.05, 0) is 18.1 Å². The summed E-state index contributed by atoms with van der Waals surface area (Å²) < 4.78 is 0. The normalized spacial score (nSPS) is 8.55. The molecule has 0 amide bonds. The Kier molecular flexibility index (Phi) is 3.34. The average Bonchev–Trinajstić information content (AvgIpc) is 2.04. The second-order valence-electron chi connectivity index (χ2n) is 1.68. The predicted octanol–water partition coefficient (Wildman–Crippen LogP) is 1.88. The van der Waals surface area contributed by atoms with Crippen molar-refractivity contribution in [1.82, 2.24) is 10.2 Å². The third-order valence-electron chi connectivity index (χ3n) is 0.915. The molecule has 0 saturated heterocycles. The maximum Gasteiger partial charge on any atom is 0.151 e. The van der Waals surface area contributed by atoms with Gasteiger partial charge < -0.3 is 0 Å². The maximum atomic E-state index is 5.51. The van der Waals surface area contributed by atoms with Gasteiger partial charge in [0.2, 0.25) is 0 Å². The van der Waals surface area contributed by atoms with E-state index in [9.17, 15) is 0 Å². The molecule has 0 aromatic carbocycles. The summed E-state index contributed by atoms with van der Waals surface area (Å²) in [6, 6.07) is 3.39. The Hall–Kier alpha value is -0.590. The summed E-state index contributed by atoms with van der Waals surface area (Å²) in [7, 11) is 0. The summed E-state index contributed by atoms with van der Waals surface area (Å²) in [5.74, 6) is 5.60. The van der Waals surface area contributed by atoms with Crippen LogP contribution in [0, 0.1) is 11.8 Å². The van der Waals surface area contributed by atoms with Crippen LogP contribution in [0.2, 0.25) is 5.15 Å². The standard InChI is InChI=1S/C7H4BrClN2/c8-5-1-2-6-3-4-7(9)11-10-6/h3-4H,5H2. The largest absolute Gasteiger partial charge is 0.151 e. The Labute approximate surface area is 78.1 Å². The highest BCUT2D eigenvalue weighted by atomic mass is 79.9. The second kappa shape index (κ2) is 4.32. The Morgan fingerprint density at radius 1 is 1.45 bits per heavy atom. The van der Waals surface area contributed by atoms with Gasteiger partial charge in [-0.15, -0.1) is 10.2 Å². The summed E-state index contributed by atoms with van der Waals surface area (Å²) in [5, 5.41) is 8.39. The molecule has 0 spiro atoms. The van der Waals surface area contributed by atoms with E-state index in [1.54, 1.807) is 12.1 Å². The number of aromatic nitrogens is 2. The van der Waals surface area contributed by atoms with Gasteiger partial charge in [-0.3, -0.25) is 0 Å². The molecule has 0 fully saturated rings. The van der Waals surface area contributed by atoms with Gasteiger partial charge in [0.1, 0.15) is 5.69 Å². The lowest BCUT2D eigenvalue weighted by Gasteiger charge is -1.86. The van der Waals surface area contributed by atoms with Gasteiger partial charge in [0.25, 0.3) is 0 Å². The average molecular weight is 231 g/mol. The minimum atomic E-state index is 0.384. The molecule has 56 valence electrons. The Balaban J connectivity index is 2.82. The van der Waals surface area contributed by atoms with Crippen molar-refractivity contribution in [3.8, 4) is 11.8 Å².